The van der Waals surface area contributed by atoms with E-state index < -0.39 is 0 Å². The first-order valence-electron chi connectivity index (χ1n) is 8.31. The Morgan fingerprint density at radius 2 is 1.88 bits per heavy atom. The molecule has 2 rings (SSSR count). The molecule has 0 aliphatic rings. The summed E-state index contributed by atoms with van der Waals surface area (Å²) in [4.78, 5) is 15.8. The largest absolute Gasteiger partial charge is 0.348 e. The quantitative estimate of drug-likeness (QED) is 0.702. The van der Waals surface area contributed by atoms with E-state index in [4.69, 9.17) is 11.6 Å². The Labute approximate surface area is 159 Å². The smallest absolute Gasteiger partial charge is 0.253 e. The number of hydrogen-bond acceptors (Lipinski definition) is 3. The summed E-state index contributed by atoms with van der Waals surface area (Å²) in [5, 5.41) is 3.47. The molecule has 0 unspecified atom stereocenters. The maximum atomic E-state index is 12.5. The molecule has 3 nitrogen and oxygen atoms in total. The van der Waals surface area contributed by atoms with Gasteiger partial charge in [0.1, 0.15) is 0 Å². The van der Waals surface area contributed by atoms with E-state index in [9.17, 15) is 4.79 Å². The topological polar surface area (TPSA) is 32.3 Å². The predicted octanol–water partition coefficient (Wildman–Crippen LogP) is 4.83. The number of nitrogens with zero attached hydrogens (tertiary/aromatic N) is 1. The van der Waals surface area contributed by atoms with Gasteiger partial charge in [0.2, 0.25) is 0 Å². The number of halogens is 1. The van der Waals surface area contributed by atoms with E-state index in [0.717, 1.165) is 17.0 Å². The van der Waals surface area contributed by atoms with Crippen LogP contribution >= 0.6 is 23.4 Å². The zero-order valence-corrected chi connectivity index (χ0v) is 16.7. The van der Waals surface area contributed by atoms with Crippen molar-refractivity contribution < 1.29 is 4.79 Å². The Morgan fingerprint density at radius 3 is 2.52 bits per heavy atom. The third kappa shape index (κ3) is 5.50. The van der Waals surface area contributed by atoms with Gasteiger partial charge >= 0.3 is 0 Å². The Hall–Kier alpha value is -1.49. The SMILES string of the molecule is CSc1ccc(Cl)c(C(=O)NCc2ccccc2CN(C)C(C)C)c1. The van der Waals surface area contributed by atoms with Crippen LogP contribution in [0.5, 0.6) is 0 Å². The van der Waals surface area contributed by atoms with Crippen LogP contribution < -0.4 is 5.32 Å². The third-order valence-electron chi connectivity index (χ3n) is 4.28. The van der Waals surface area contributed by atoms with Gasteiger partial charge in [-0.3, -0.25) is 9.69 Å². The fourth-order valence-corrected chi connectivity index (χ4v) is 3.05. The van der Waals surface area contributed by atoms with Gasteiger partial charge in [0.05, 0.1) is 10.6 Å². The second kappa shape index (κ2) is 9.27. The standard InChI is InChI=1S/C20H25ClN2OS/c1-14(2)23(3)13-16-8-6-5-7-15(16)12-22-20(24)18-11-17(25-4)9-10-19(18)21/h5-11,14H,12-13H2,1-4H3,(H,22,24). The molecule has 25 heavy (non-hydrogen) atoms. The molecule has 1 amide bonds. The van der Waals surface area contributed by atoms with E-state index in [1.165, 1.54) is 5.56 Å². The monoisotopic (exact) mass is 376 g/mol. The van der Waals surface area contributed by atoms with Gasteiger partial charge in [-0.15, -0.1) is 11.8 Å². The fraction of sp³-hybridized carbons (Fsp3) is 0.350. The molecule has 0 radical (unpaired) electrons. The second-order valence-electron chi connectivity index (χ2n) is 6.31. The van der Waals surface area contributed by atoms with E-state index >= 15 is 0 Å². The van der Waals surface area contributed by atoms with Crippen molar-refractivity contribution in [1.82, 2.24) is 10.2 Å². The maximum absolute atomic E-state index is 12.5. The van der Waals surface area contributed by atoms with Gasteiger partial charge in [-0.2, -0.15) is 0 Å². The minimum atomic E-state index is -0.145. The molecule has 0 saturated heterocycles. The lowest BCUT2D eigenvalue weighted by Crippen LogP contribution is -2.27. The van der Waals surface area contributed by atoms with Gasteiger partial charge in [-0.25, -0.2) is 0 Å². The molecular weight excluding hydrogens is 352 g/mol. The Balaban J connectivity index is 2.10. The van der Waals surface area contributed by atoms with Crippen LogP contribution in [0.2, 0.25) is 5.02 Å². The number of nitrogens with one attached hydrogen (secondary N) is 1. The van der Waals surface area contributed by atoms with Crippen molar-refractivity contribution in [3.05, 3.63) is 64.2 Å². The van der Waals surface area contributed by atoms with Gasteiger partial charge in [0.25, 0.3) is 5.91 Å². The van der Waals surface area contributed by atoms with Gasteiger partial charge in [0, 0.05) is 24.0 Å². The average Bonchev–Trinajstić information content (AvgIpc) is 2.61. The first-order valence-corrected chi connectivity index (χ1v) is 9.91. The van der Waals surface area contributed by atoms with Gasteiger partial charge in [-0.1, -0.05) is 35.9 Å². The zero-order chi connectivity index (χ0) is 18.4. The summed E-state index contributed by atoms with van der Waals surface area (Å²) >= 11 is 7.78. The molecule has 2 aromatic carbocycles. The van der Waals surface area contributed by atoms with Crippen LogP contribution in [0.4, 0.5) is 0 Å². The molecule has 5 heteroatoms. The highest BCUT2D eigenvalue weighted by Gasteiger charge is 2.13. The van der Waals surface area contributed by atoms with E-state index in [1.54, 1.807) is 17.8 Å². The second-order valence-corrected chi connectivity index (χ2v) is 7.59. The van der Waals surface area contributed by atoms with Crippen LogP contribution in [-0.4, -0.2) is 30.2 Å². The number of amides is 1. The van der Waals surface area contributed by atoms with Gasteiger partial charge in [0.15, 0.2) is 0 Å². The highest BCUT2D eigenvalue weighted by atomic mass is 35.5. The molecule has 0 aromatic heterocycles. The first kappa shape index (κ1) is 19.8. The number of benzene rings is 2. The normalized spacial score (nSPS) is 11.2. The summed E-state index contributed by atoms with van der Waals surface area (Å²) in [6, 6.07) is 14.2. The van der Waals surface area contributed by atoms with Crippen LogP contribution in [0.1, 0.15) is 35.3 Å². The molecule has 0 aliphatic carbocycles. The molecule has 134 valence electrons. The van der Waals surface area contributed by atoms with E-state index in [-0.39, 0.29) is 5.91 Å². The van der Waals surface area contributed by atoms with Crippen molar-refractivity contribution in [2.45, 2.75) is 37.9 Å². The third-order valence-corrected chi connectivity index (χ3v) is 5.33. The molecule has 0 aliphatic heterocycles. The molecule has 1 N–H and O–H groups in total. The lowest BCUT2D eigenvalue weighted by Gasteiger charge is -2.22. The molecule has 0 bridgehead atoms. The van der Waals surface area contributed by atoms with Gasteiger partial charge in [-0.05, 0) is 56.5 Å². The van der Waals surface area contributed by atoms with Crippen LogP contribution in [0.25, 0.3) is 0 Å². The average molecular weight is 377 g/mol. The van der Waals surface area contributed by atoms with Crippen LogP contribution in [-0.2, 0) is 13.1 Å². The predicted molar refractivity (Wildman–Crippen MR) is 107 cm³/mol. The van der Waals surface area contributed by atoms with E-state index in [2.05, 4.69) is 43.2 Å². The van der Waals surface area contributed by atoms with Crippen LogP contribution in [0.3, 0.4) is 0 Å². The molecule has 0 spiro atoms. The summed E-state index contributed by atoms with van der Waals surface area (Å²) in [6.45, 7) is 5.68. The summed E-state index contributed by atoms with van der Waals surface area (Å²) in [6.07, 6.45) is 1.98. The summed E-state index contributed by atoms with van der Waals surface area (Å²) in [5.74, 6) is -0.145. The first-order chi connectivity index (χ1) is 11.9. The van der Waals surface area contributed by atoms with Crippen molar-refractivity contribution in [3.63, 3.8) is 0 Å². The fourth-order valence-electron chi connectivity index (χ4n) is 2.41. The molecule has 0 saturated carbocycles. The van der Waals surface area contributed by atoms with E-state index in [1.807, 2.05) is 30.5 Å². The van der Waals surface area contributed by atoms with Crippen molar-refractivity contribution in [2.24, 2.45) is 0 Å². The molecular formula is C20H25ClN2OS. The van der Waals surface area contributed by atoms with Crippen LogP contribution in [0.15, 0.2) is 47.4 Å². The molecule has 0 heterocycles. The lowest BCUT2D eigenvalue weighted by molar-refractivity contribution is 0.0950. The van der Waals surface area contributed by atoms with Crippen molar-refractivity contribution >= 4 is 29.3 Å². The summed E-state index contributed by atoms with van der Waals surface area (Å²) in [7, 11) is 2.10. The number of carbonyl (C=O) groups is 1. The Kier molecular flexibility index (Phi) is 7.36. The van der Waals surface area contributed by atoms with Crippen molar-refractivity contribution in [2.75, 3.05) is 13.3 Å². The highest BCUT2D eigenvalue weighted by Crippen LogP contribution is 2.23. The number of hydrogen-bond donors (Lipinski definition) is 1. The Morgan fingerprint density at radius 1 is 1.20 bits per heavy atom. The number of rotatable bonds is 7. The maximum Gasteiger partial charge on any atom is 0.253 e. The van der Waals surface area contributed by atoms with Crippen molar-refractivity contribution in [3.8, 4) is 0 Å². The molecule has 2 aromatic rings. The lowest BCUT2D eigenvalue weighted by atomic mass is 10.1. The summed E-state index contributed by atoms with van der Waals surface area (Å²) in [5.41, 5.74) is 2.87. The minimum Gasteiger partial charge on any atom is -0.348 e. The minimum absolute atomic E-state index is 0.145. The highest BCUT2D eigenvalue weighted by molar-refractivity contribution is 7.98. The number of carbonyl (C=O) groups excluding carboxylic acids is 1. The summed E-state index contributed by atoms with van der Waals surface area (Å²) < 4.78 is 0. The van der Waals surface area contributed by atoms with Crippen molar-refractivity contribution in [1.29, 1.82) is 0 Å². The Bertz CT molecular complexity index is 733. The van der Waals surface area contributed by atoms with Crippen LogP contribution in [0, 0.1) is 0 Å². The molecule has 0 fully saturated rings. The number of thioether (sulfide) groups is 1. The zero-order valence-electron chi connectivity index (χ0n) is 15.2. The van der Waals surface area contributed by atoms with E-state index in [0.29, 0.717) is 23.2 Å². The van der Waals surface area contributed by atoms with Gasteiger partial charge < -0.3 is 5.32 Å². The molecule has 0 atom stereocenters.